The van der Waals surface area contributed by atoms with Crippen molar-refractivity contribution in [1.29, 1.82) is 0 Å². The number of methoxy groups -OCH3 is 1. The number of fused-ring (bicyclic) bond motifs is 6. The molecule has 4 heterocycles. The zero-order valence-electron chi connectivity index (χ0n) is 17.7. The maximum absolute atomic E-state index is 5.46. The van der Waals surface area contributed by atoms with Crippen molar-refractivity contribution in [2.75, 3.05) is 7.11 Å². The molecule has 32 heavy (non-hydrogen) atoms. The van der Waals surface area contributed by atoms with Crippen LogP contribution < -0.4 is 15.4 Å². The van der Waals surface area contributed by atoms with E-state index in [0.717, 1.165) is 51.2 Å². The Hall–Kier alpha value is -4.18. The number of rotatable bonds is 2. The molecule has 0 saturated heterocycles. The second kappa shape index (κ2) is 7.50. The van der Waals surface area contributed by atoms with Crippen LogP contribution in [0.1, 0.15) is 12.0 Å². The van der Waals surface area contributed by atoms with E-state index in [2.05, 4.69) is 59.6 Å². The Morgan fingerprint density at radius 3 is 2.34 bits per heavy atom. The van der Waals surface area contributed by atoms with Gasteiger partial charge in [0.1, 0.15) is 5.75 Å². The van der Waals surface area contributed by atoms with E-state index in [4.69, 9.17) is 14.7 Å². The molecule has 4 aliphatic rings. The largest absolute Gasteiger partial charge is 0.497 e. The average molecular weight is 415 g/mol. The smallest absolute Gasteiger partial charge is 0.119 e. The number of aromatic nitrogens is 1. The summed E-state index contributed by atoms with van der Waals surface area (Å²) in [6.07, 6.45) is 19.8. The number of nitrogens with one attached hydrogen (secondary N) is 1. The molecule has 0 fully saturated rings. The van der Waals surface area contributed by atoms with E-state index in [1.807, 2.05) is 36.4 Å². The first-order valence-electron chi connectivity index (χ1n) is 10.7. The summed E-state index contributed by atoms with van der Waals surface area (Å²) in [6.45, 7) is 0. The van der Waals surface area contributed by atoms with Crippen LogP contribution in [0.25, 0.3) is 17.7 Å². The second-order valence-corrected chi connectivity index (χ2v) is 8.10. The lowest BCUT2D eigenvalue weighted by atomic mass is 10.0. The number of allylic oxidation sites excluding steroid dienone is 10. The predicted molar refractivity (Wildman–Crippen MR) is 131 cm³/mol. The average Bonchev–Trinajstić information content (AvgIpc) is 3.59. The third kappa shape index (κ3) is 3.56. The number of aliphatic imine (C=N–C) groups is 2. The van der Waals surface area contributed by atoms with Crippen LogP contribution in [0.3, 0.4) is 0 Å². The van der Waals surface area contributed by atoms with Crippen LogP contribution in [0.15, 0.2) is 111 Å². The highest BCUT2D eigenvalue weighted by atomic mass is 16.5. The first-order chi connectivity index (χ1) is 15.7. The summed E-state index contributed by atoms with van der Waals surface area (Å²) >= 11 is 0. The van der Waals surface area contributed by atoms with E-state index in [0.29, 0.717) is 0 Å². The third-order valence-corrected chi connectivity index (χ3v) is 5.81. The van der Waals surface area contributed by atoms with Gasteiger partial charge in [-0.2, -0.15) is 0 Å². The van der Waals surface area contributed by atoms with Crippen LogP contribution in [0.4, 0.5) is 0 Å². The van der Waals surface area contributed by atoms with Crippen LogP contribution in [0, 0.1) is 0 Å². The third-order valence-electron chi connectivity index (χ3n) is 5.81. The Bertz CT molecular complexity index is 1510. The summed E-state index contributed by atoms with van der Waals surface area (Å²) in [6, 6.07) is 12.4. The molecule has 3 aliphatic heterocycles. The maximum atomic E-state index is 5.46. The number of hydrogen-bond donors (Lipinski definition) is 1. The van der Waals surface area contributed by atoms with Gasteiger partial charge < -0.3 is 9.72 Å². The van der Waals surface area contributed by atoms with E-state index in [-0.39, 0.29) is 0 Å². The highest BCUT2D eigenvalue weighted by Crippen LogP contribution is 2.36. The van der Waals surface area contributed by atoms with Gasteiger partial charge in [0.15, 0.2) is 0 Å². The van der Waals surface area contributed by atoms with Crippen LogP contribution >= 0.6 is 0 Å². The Morgan fingerprint density at radius 1 is 0.781 bits per heavy atom. The zero-order valence-corrected chi connectivity index (χ0v) is 17.7. The molecule has 1 aliphatic carbocycles. The van der Waals surface area contributed by atoms with Crippen molar-refractivity contribution in [3.63, 3.8) is 0 Å². The summed E-state index contributed by atoms with van der Waals surface area (Å²) in [5.41, 5.74) is 8.55. The minimum absolute atomic E-state index is 0.849. The number of aromatic amines is 1. The Balaban J connectivity index is 1.53. The van der Waals surface area contributed by atoms with Crippen molar-refractivity contribution < 1.29 is 4.74 Å². The van der Waals surface area contributed by atoms with Gasteiger partial charge in [-0.3, -0.25) is 0 Å². The lowest BCUT2D eigenvalue weighted by Gasteiger charge is -2.06. The predicted octanol–water partition coefficient (Wildman–Crippen LogP) is 4.17. The van der Waals surface area contributed by atoms with Crippen LogP contribution in [-0.2, 0) is 0 Å². The quantitative estimate of drug-likeness (QED) is 0.786. The summed E-state index contributed by atoms with van der Waals surface area (Å²) in [5.74, 6) is 0.854. The number of ether oxygens (including phenoxy) is 1. The first-order valence-corrected chi connectivity index (χ1v) is 10.7. The van der Waals surface area contributed by atoms with Crippen LogP contribution in [0.5, 0.6) is 5.75 Å². The van der Waals surface area contributed by atoms with Gasteiger partial charge in [-0.25, -0.2) is 9.98 Å². The Morgan fingerprint density at radius 2 is 1.53 bits per heavy atom. The number of hydrogen-bond acceptors (Lipinski definition) is 3. The zero-order chi connectivity index (χ0) is 21.5. The van der Waals surface area contributed by atoms with Gasteiger partial charge in [0.25, 0.3) is 0 Å². The van der Waals surface area contributed by atoms with E-state index >= 15 is 0 Å². The highest BCUT2D eigenvalue weighted by molar-refractivity contribution is 6.19. The molecule has 6 rings (SSSR count). The number of benzene rings is 1. The Kier molecular flexibility index (Phi) is 4.36. The number of nitrogens with zero attached hydrogens (tertiary/aromatic N) is 2. The molecule has 4 heteroatoms. The molecule has 1 aromatic carbocycles. The standard InChI is InChI=1S/C28H21N3O/c1-32-27-4-2-3-19(15-27)28-13-18-11-20(28)14-22-6-8-24(30-22)17-26-10-9-25(31-26)16-23-7-5-21(12-18)29-23/h2-10,12-17,29H,11H2,1H3. The summed E-state index contributed by atoms with van der Waals surface area (Å²) in [4.78, 5) is 13.0. The van der Waals surface area contributed by atoms with Crippen LogP contribution in [-0.4, -0.2) is 23.5 Å². The summed E-state index contributed by atoms with van der Waals surface area (Å²) in [5, 5.41) is 2.11. The molecule has 1 N–H and O–H groups in total. The number of H-pyrrole nitrogens is 1. The van der Waals surface area contributed by atoms with Gasteiger partial charge >= 0.3 is 0 Å². The van der Waals surface area contributed by atoms with Crippen molar-refractivity contribution in [2.24, 2.45) is 9.98 Å². The van der Waals surface area contributed by atoms with E-state index in [1.54, 1.807) is 7.11 Å². The van der Waals surface area contributed by atoms with E-state index in [1.165, 1.54) is 16.7 Å². The minimum Gasteiger partial charge on any atom is -0.497 e. The van der Waals surface area contributed by atoms with Crippen molar-refractivity contribution in [3.05, 3.63) is 118 Å². The van der Waals surface area contributed by atoms with Gasteiger partial charge in [0.2, 0.25) is 0 Å². The SMILES string of the molecule is COc1cccc(C2=C3C=C4C=CC(=N4)C=C4C=CC(=N4)C=c4ccc([nH]4)=CC(=C2)C3)c1. The summed E-state index contributed by atoms with van der Waals surface area (Å²) in [7, 11) is 1.70. The monoisotopic (exact) mass is 415 g/mol. The fraction of sp³-hybridized carbons (Fsp3) is 0.0714. The first kappa shape index (κ1) is 18.6. The summed E-state index contributed by atoms with van der Waals surface area (Å²) < 4.78 is 5.46. The highest BCUT2D eigenvalue weighted by Gasteiger charge is 2.17. The minimum atomic E-state index is 0.849. The van der Waals surface area contributed by atoms with Gasteiger partial charge in [0, 0.05) is 10.7 Å². The Labute approximate surface area is 186 Å². The molecule has 0 radical (unpaired) electrons. The molecule has 2 aromatic rings. The molecule has 0 saturated carbocycles. The van der Waals surface area contributed by atoms with Crippen molar-refractivity contribution in [1.82, 2.24) is 4.98 Å². The molecular formula is C28H21N3O. The molecule has 0 amide bonds. The topological polar surface area (TPSA) is 49.7 Å². The maximum Gasteiger partial charge on any atom is 0.119 e. The molecule has 0 unspecified atom stereocenters. The van der Waals surface area contributed by atoms with E-state index in [9.17, 15) is 0 Å². The van der Waals surface area contributed by atoms with Crippen molar-refractivity contribution >= 4 is 29.1 Å². The lowest BCUT2D eigenvalue weighted by Crippen LogP contribution is -2.10. The molecule has 0 spiro atoms. The van der Waals surface area contributed by atoms with Gasteiger partial charge in [0.05, 0.1) is 29.9 Å². The molecule has 4 nitrogen and oxygen atoms in total. The van der Waals surface area contributed by atoms with Gasteiger partial charge in [-0.1, -0.05) is 18.2 Å². The molecule has 1 aromatic heterocycles. The van der Waals surface area contributed by atoms with Crippen LogP contribution in [0.2, 0.25) is 0 Å². The molecule has 154 valence electrons. The van der Waals surface area contributed by atoms with Gasteiger partial charge in [-0.15, -0.1) is 0 Å². The van der Waals surface area contributed by atoms with Crippen molar-refractivity contribution in [2.45, 2.75) is 6.42 Å². The normalized spacial score (nSPS) is 18.5. The molecular weight excluding hydrogens is 394 g/mol. The van der Waals surface area contributed by atoms with Gasteiger partial charge in [-0.05, 0) is 102 Å². The second-order valence-electron chi connectivity index (χ2n) is 8.10. The van der Waals surface area contributed by atoms with E-state index < -0.39 is 0 Å². The lowest BCUT2D eigenvalue weighted by molar-refractivity contribution is 0.414. The fourth-order valence-electron chi connectivity index (χ4n) is 4.32. The molecule has 8 bridgehead atoms. The van der Waals surface area contributed by atoms with Crippen molar-refractivity contribution in [3.8, 4) is 5.75 Å². The molecule has 0 atom stereocenters. The fourth-order valence-corrected chi connectivity index (χ4v) is 4.32.